The highest BCUT2D eigenvalue weighted by Crippen LogP contribution is 2.29. The van der Waals surface area contributed by atoms with Crippen LogP contribution in [-0.4, -0.2) is 28.7 Å². The number of rotatable bonds is 3. The lowest BCUT2D eigenvalue weighted by Gasteiger charge is -2.29. The largest absolute Gasteiger partial charge is 0.381 e. The smallest absolute Gasteiger partial charge is 0.241 e. The van der Waals surface area contributed by atoms with Crippen LogP contribution in [0.4, 0.5) is 0 Å². The summed E-state index contributed by atoms with van der Waals surface area (Å²) in [7, 11) is 1.86. The molecule has 0 aromatic carbocycles. The summed E-state index contributed by atoms with van der Waals surface area (Å²) in [6.45, 7) is 1.26. The maximum absolute atomic E-state index is 12.1. The van der Waals surface area contributed by atoms with Gasteiger partial charge in [-0.05, 0) is 12.8 Å². The molecule has 0 saturated carbocycles. The lowest BCUT2D eigenvalue weighted by atomic mass is 9.81. The van der Waals surface area contributed by atoms with Crippen LogP contribution in [0.5, 0.6) is 0 Å². The second kappa shape index (κ2) is 5.19. The number of hydrogen-bond acceptors (Lipinski definition) is 4. The van der Waals surface area contributed by atoms with Crippen LogP contribution in [0.25, 0.3) is 0 Å². The van der Waals surface area contributed by atoms with Gasteiger partial charge in [-0.1, -0.05) is 0 Å². The van der Waals surface area contributed by atoms with Crippen molar-refractivity contribution in [1.82, 2.24) is 14.9 Å². The average molecular weight is 248 g/mol. The minimum absolute atomic E-state index is 0.226. The first-order valence-electron chi connectivity index (χ1n) is 5.91. The second-order valence-corrected chi connectivity index (χ2v) is 4.44. The Labute approximate surface area is 106 Å². The number of aryl methyl sites for hydroxylation is 1. The van der Waals surface area contributed by atoms with Gasteiger partial charge in [0.05, 0.1) is 12.6 Å². The van der Waals surface area contributed by atoms with Gasteiger partial charge >= 0.3 is 0 Å². The van der Waals surface area contributed by atoms with E-state index in [1.807, 2.05) is 17.8 Å². The van der Waals surface area contributed by atoms with Gasteiger partial charge in [-0.3, -0.25) is 4.79 Å². The van der Waals surface area contributed by atoms with E-state index in [1.54, 1.807) is 6.20 Å². The van der Waals surface area contributed by atoms with Gasteiger partial charge in [-0.2, -0.15) is 5.26 Å². The molecule has 1 aliphatic rings. The van der Waals surface area contributed by atoms with Crippen molar-refractivity contribution in [3.8, 4) is 6.07 Å². The highest BCUT2D eigenvalue weighted by Gasteiger charge is 2.40. The van der Waals surface area contributed by atoms with Gasteiger partial charge in [0.2, 0.25) is 5.91 Å². The third-order valence-corrected chi connectivity index (χ3v) is 3.32. The molecule has 0 aliphatic carbocycles. The SMILES string of the molecule is Cn1ccnc1CNC(=O)C1(C#N)CCOCC1. The van der Waals surface area contributed by atoms with E-state index in [-0.39, 0.29) is 5.91 Å². The Morgan fingerprint density at radius 2 is 2.39 bits per heavy atom. The molecule has 1 saturated heterocycles. The number of amides is 1. The molecule has 0 spiro atoms. The highest BCUT2D eigenvalue weighted by molar-refractivity contribution is 5.85. The number of carbonyl (C=O) groups excluding carboxylic acids is 1. The first-order valence-corrected chi connectivity index (χ1v) is 5.91. The number of nitriles is 1. The molecule has 1 N–H and O–H groups in total. The van der Waals surface area contributed by atoms with Gasteiger partial charge in [0.1, 0.15) is 11.2 Å². The zero-order valence-corrected chi connectivity index (χ0v) is 10.3. The third kappa shape index (κ3) is 2.36. The van der Waals surface area contributed by atoms with Crippen molar-refractivity contribution in [3.63, 3.8) is 0 Å². The number of imidazole rings is 1. The van der Waals surface area contributed by atoms with Crippen LogP contribution in [0.1, 0.15) is 18.7 Å². The van der Waals surface area contributed by atoms with Crippen LogP contribution in [0.2, 0.25) is 0 Å². The Balaban J connectivity index is 1.99. The Morgan fingerprint density at radius 1 is 1.67 bits per heavy atom. The summed E-state index contributed by atoms with van der Waals surface area (Å²) in [5.74, 6) is 0.541. The summed E-state index contributed by atoms with van der Waals surface area (Å²) in [5, 5.41) is 12.0. The van der Waals surface area contributed by atoms with E-state index in [4.69, 9.17) is 4.74 Å². The zero-order valence-electron chi connectivity index (χ0n) is 10.3. The fourth-order valence-corrected chi connectivity index (χ4v) is 2.00. The van der Waals surface area contributed by atoms with Gasteiger partial charge in [-0.15, -0.1) is 0 Å². The van der Waals surface area contributed by atoms with E-state index in [9.17, 15) is 10.1 Å². The molecule has 2 heterocycles. The fraction of sp³-hybridized carbons (Fsp3) is 0.583. The van der Waals surface area contributed by atoms with Crippen molar-refractivity contribution in [2.75, 3.05) is 13.2 Å². The Hall–Kier alpha value is -1.87. The summed E-state index contributed by atoms with van der Waals surface area (Å²) >= 11 is 0. The van der Waals surface area contributed by atoms with Crippen LogP contribution >= 0.6 is 0 Å². The molecule has 1 aromatic rings. The lowest BCUT2D eigenvalue weighted by Crippen LogP contribution is -2.43. The molecule has 1 amide bonds. The number of carbonyl (C=O) groups is 1. The molecule has 0 atom stereocenters. The normalized spacial score (nSPS) is 18.0. The molecule has 2 rings (SSSR count). The minimum atomic E-state index is -0.941. The van der Waals surface area contributed by atoms with Crippen molar-refractivity contribution in [1.29, 1.82) is 5.26 Å². The van der Waals surface area contributed by atoms with E-state index in [1.165, 1.54) is 0 Å². The molecule has 6 heteroatoms. The van der Waals surface area contributed by atoms with Crippen molar-refractivity contribution < 1.29 is 9.53 Å². The number of aromatic nitrogens is 2. The molecule has 1 fully saturated rings. The minimum Gasteiger partial charge on any atom is -0.381 e. The number of nitrogens with one attached hydrogen (secondary N) is 1. The van der Waals surface area contributed by atoms with E-state index in [2.05, 4.69) is 16.4 Å². The zero-order chi connectivity index (χ0) is 13.0. The quantitative estimate of drug-likeness (QED) is 0.837. The van der Waals surface area contributed by atoms with E-state index >= 15 is 0 Å². The van der Waals surface area contributed by atoms with Crippen LogP contribution in [0.15, 0.2) is 12.4 Å². The predicted molar refractivity (Wildman–Crippen MR) is 63.2 cm³/mol. The van der Waals surface area contributed by atoms with Crippen molar-refractivity contribution >= 4 is 5.91 Å². The standard InChI is InChI=1S/C12H16N4O2/c1-16-5-4-14-10(16)8-15-11(17)12(9-13)2-6-18-7-3-12/h4-5H,2-3,6-8H2,1H3,(H,15,17). The summed E-state index contributed by atoms with van der Waals surface area (Å²) in [5.41, 5.74) is -0.941. The Kier molecular flexibility index (Phi) is 3.63. The maximum atomic E-state index is 12.1. The third-order valence-electron chi connectivity index (χ3n) is 3.32. The Bertz CT molecular complexity index is 469. The first kappa shape index (κ1) is 12.6. The lowest BCUT2D eigenvalue weighted by molar-refractivity contribution is -0.132. The van der Waals surface area contributed by atoms with Crippen molar-refractivity contribution in [2.24, 2.45) is 12.5 Å². The Morgan fingerprint density at radius 3 is 2.94 bits per heavy atom. The molecule has 0 radical (unpaired) electrons. The van der Waals surface area contributed by atoms with Crippen LogP contribution in [0.3, 0.4) is 0 Å². The topological polar surface area (TPSA) is 79.9 Å². The van der Waals surface area contributed by atoms with Gasteiger partial charge in [0, 0.05) is 32.7 Å². The fourth-order valence-electron chi connectivity index (χ4n) is 2.00. The van der Waals surface area contributed by atoms with Gasteiger partial charge in [-0.25, -0.2) is 4.98 Å². The molecule has 96 valence electrons. The molecular weight excluding hydrogens is 232 g/mol. The van der Waals surface area contributed by atoms with Crippen molar-refractivity contribution in [3.05, 3.63) is 18.2 Å². The maximum Gasteiger partial charge on any atom is 0.241 e. The van der Waals surface area contributed by atoms with E-state index in [0.29, 0.717) is 32.6 Å². The van der Waals surface area contributed by atoms with Gasteiger partial charge < -0.3 is 14.6 Å². The molecule has 6 nitrogen and oxygen atoms in total. The molecule has 18 heavy (non-hydrogen) atoms. The predicted octanol–water partition coefficient (Wildman–Crippen LogP) is 0.357. The number of nitrogens with zero attached hydrogens (tertiary/aromatic N) is 3. The summed E-state index contributed by atoms with van der Waals surface area (Å²) in [4.78, 5) is 16.3. The van der Waals surface area contributed by atoms with Crippen molar-refractivity contribution in [2.45, 2.75) is 19.4 Å². The van der Waals surface area contributed by atoms with Crippen LogP contribution in [-0.2, 0) is 23.1 Å². The van der Waals surface area contributed by atoms with Gasteiger partial charge in [0.15, 0.2) is 0 Å². The molecule has 1 aliphatic heterocycles. The molecule has 0 unspecified atom stereocenters. The molecule has 1 aromatic heterocycles. The van der Waals surface area contributed by atoms with Crippen LogP contribution in [0, 0.1) is 16.7 Å². The average Bonchev–Trinajstić information content (AvgIpc) is 2.82. The summed E-state index contributed by atoms with van der Waals surface area (Å²) in [6, 6.07) is 2.14. The van der Waals surface area contributed by atoms with Gasteiger partial charge in [0.25, 0.3) is 0 Å². The van der Waals surface area contributed by atoms with Crippen LogP contribution < -0.4 is 5.32 Å². The van der Waals surface area contributed by atoms with E-state index in [0.717, 1.165) is 5.82 Å². The molecular formula is C12H16N4O2. The second-order valence-electron chi connectivity index (χ2n) is 4.44. The summed E-state index contributed by atoms with van der Waals surface area (Å²) < 4.78 is 7.04. The van der Waals surface area contributed by atoms with E-state index < -0.39 is 5.41 Å². The summed E-state index contributed by atoms with van der Waals surface area (Å²) in [6.07, 6.45) is 4.40. The number of hydrogen-bond donors (Lipinski definition) is 1. The monoisotopic (exact) mass is 248 g/mol. The first-order chi connectivity index (χ1) is 8.68. The number of ether oxygens (including phenoxy) is 1. The molecule has 0 bridgehead atoms. The highest BCUT2D eigenvalue weighted by atomic mass is 16.5.